The van der Waals surface area contributed by atoms with Crippen LogP contribution < -0.4 is 4.90 Å². The smallest absolute Gasteiger partial charge is 0.214 e. The molecule has 0 spiro atoms. The molecule has 2 nitrogen and oxygen atoms in total. The minimum Gasteiger partial charge on any atom is -0.311 e. The van der Waals surface area contributed by atoms with Crippen LogP contribution in [0.3, 0.4) is 0 Å². The molecule has 1 aliphatic rings. The molecule has 2 rings (SSSR count). The lowest BCUT2D eigenvalue weighted by atomic mass is 10.3. The zero-order valence-corrected chi connectivity index (χ0v) is 6.73. The highest BCUT2D eigenvalue weighted by Gasteiger charge is 2.28. The SMILES string of the molecule is O=CN(c1[c]cccc1)C1CC1. The molecule has 12 heavy (non-hydrogen) atoms. The Hall–Kier alpha value is -1.31. The molecule has 0 bridgehead atoms. The Labute approximate surface area is 71.8 Å². The molecule has 61 valence electrons. The molecule has 0 N–H and O–H groups in total. The van der Waals surface area contributed by atoms with Gasteiger partial charge in [0.1, 0.15) is 0 Å². The van der Waals surface area contributed by atoms with Crippen molar-refractivity contribution in [3.63, 3.8) is 0 Å². The summed E-state index contributed by atoms with van der Waals surface area (Å²) < 4.78 is 0. The van der Waals surface area contributed by atoms with Gasteiger partial charge in [-0.25, -0.2) is 0 Å². The summed E-state index contributed by atoms with van der Waals surface area (Å²) in [7, 11) is 0. The van der Waals surface area contributed by atoms with Gasteiger partial charge in [-0.05, 0) is 18.9 Å². The van der Waals surface area contributed by atoms with Crippen LogP contribution in [0, 0.1) is 6.07 Å². The van der Waals surface area contributed by atoms with E-state index in [4.69, 9.17) is 0 Å². The lowest BCUT2D eigenvalue weighted by Crippen LogP contribution is -2.23. The molecular weight excluding hydrogens is 150 g/mol. The van der Waals surface area contributed by atoms with E-state index in [1.165, 1.54) is 0 Å². The number of benzene rings is 1. The van der Waals surface area contributed by atoms with E-state index in [0.29, 0.717) is 6.04 Å². The van der Waals surface area contributed by atoms with Gasteiger partial charge in [0, 0.05) is 12.1 Å². The number of amides is 1. The standard InChI is InChI=1S/C10H10NO/c12-8-11(10-6-7-10)9-4-2-1-3-5-9/h1-4,8,10H,6-7H2. The van der Waals surface area contributed by atoms with Crippen LogP contribution >= 0.6 is 0 Å². The van der Waals surface area contributed by atoms with Crippen molar-refractivity contribution in [1.82, 2.24) is 0 Å². The molecule has 0 heterocycles. The molecule has 1 aromatic rings. The van der Waals surface area contributed by atoms with Gasteiger partial charge in [-0.1, -0.05) is 18.2 Å². The minimum atomic E-state index is 0.432. The lowest BCUT2D eigenvalue weighted by molar-refractivity contribution is -0.107. The molecule has 1 aliphatic carbocycles. The maximum Gasteiger partial charge on any atom is 0.214 e. The number of carbonyl (C=O) groups excluding carboxylic acids is 1. The van der Waals surface area contributed by atoms with Crippen molar-refractivity contribution in [1.29, 1.82) is 0 Å². The highest BCUT2D eigenvalue weighted by molar-refractivity contribution is 5.76. The Kier molecular flexibility index (Phi) is 1.82. The summed E-state index contributed by atoms with van der Waals surface area (Å²) in [5.74, 6) is 0. The third-order valence-electron chi connectivity index (χ3n) is 2.02. The van der Waals surface area contributed by atoms with Gasteiger partial charge in [0.05, 0.1) is 5.69 Å². The summed E-state index contributed by atoms with van der Waals surface area (Å²) in [4.78, 5) is 12.4. The number of carbonyl (C=O) groups is 1. The Morgan fingerprint density at radius 1 is 1.50 bits per heavy atom. The number of nitrogens with zero attached hydrogens (tertiary/aromatic N) is 1. The molecule has 0 atom stereocenters. The van der Waals surface area contributed by atoms with Crippen LogP contribution in [0.4, 0.5) is 5.69 Å². The average molecular weight is 160 g/mol. The Morgan fingerprint density at radius 2 is 2.33 bits per heavy atom. The third kappa shape index (κ3) is 1.33. The maximum absolute atomic E-state index is 10.7. The number of para-hydroxylation sites is 1. The molecule has 0 unspecified atom stereocenters. The van der Waals surface area contributed by atoms with Crippen LogP contribution in [0.5, 0.6) is 0 Å². The molecular formula is C10H10NO. The summed E-state index contributed by atoms with van der Waals surface area (Å²) >= 11 is 0. The quantitative estimate of drug-likeness (QED) is 0.615. The average Bonchev–Trinajstić information content (AvgIpc) is 2.92. The monoisotopic (exact) mass is 160 g/mol. The fraction of sp³-hybridized carbons (Fsp3) is 0.300. The number of anilines is 1. The van der Waals surface area contributed by atoms with E-state index in [2.05, 4.69) is 6.07 Å². The number of hydrogen-bond donors (Lipinski definition) is 0. The van der Waals surface area contributed by atoms with Gasteiger partial charge < -0.3 is 4.90 Å². The topological polar surface area (TPSA) is 20.3 Å². The zero-order chi connectivity index (χ0) is 8.39. The van der Waals surface area contributed by atoms with Gasteiger partial charge in [0.2, 0.25) is 6.41 Å². The first kappa shape index (κ1) is 7.35. The van der Waals surface area contributed by atoms with Gasteiger partial charge in [0.15, 0.2) is 0 Å². The summed E-state index contributed by atoms with van der Waals surface area (Å²) in [6, 6.07) is 11.0. The van der Waals surface area contributed by atoms with Crippen LogP contribution in [-0.4, -0.2) is 12.5 Å². The molecule has 2 heteroatoms. The van der Waals surface area contributed by atoms with Crippen molar-refractivity contribution in [2.24, 2.45) is 0 Å². The van der Waals surface area contributed by atoms with Gasteiger partial charge in [-0.2, -0.15) is 0 Å². The van der Waals surface area contributed by atoms with E-state index in [0.717, 1.165) is 24.9 Å². The molecule has 1 radical (unpaired) electrons. The summed E-state index contributed by atoms with van der Waals surface area (Å²) in [5, 5.41) is 0. The first-order valence-corrected chi connectivity index (χ1v) is 4.12. The van der Waals surface area contributed by atoms with Crippen molar-refractivity contribution in [3.05, 3.63) is 30.3 Å². The van der Waals surface area contributed by atoms with Crippen LogP contribution in [0.25, 0.3) is 0 Å². The molecule has 1 amide bonds. The lowest BCUT2D eigenvalue weighted by Gasteiger charge is -2.15. The van der Waals surface area contributed by atoms with Crippen molar-refractivity contribution in [2.45, 2.75) is 18.9 Å². The Bertz CT molecular complexity index is 266. The second-order valence-electron chi connectivity index (χ2n) is 2.99. The van der Waals surface area contributed by atoms with E-state index < -0.39 is 0 Å². The number of rotatable bonds is 3. The normalized spacial score (nSPS) is 15.7. The van der Waals surface area contributed by atoms with E-state index in [1.807, 2.05) is 24.3 Å². The maximum atomic E-state index is 10.7. The second-order valence-corrected chi connectivity index (χ2v) is 2.99. The fourth-order valence-corrected chi connectivity index (χ4v) is 1.24. The van der Waals surface area contributed by atoms with Gasteiger partial charge >= 0.3 is 0 Å². The molecule has 0 aromatic heterocycles. The molecule has 0 saturated heterocycles. The van der Waals surface area contributed by atoms with Gasteiger partial charge in [-0.3, -0.25) is 4.79 Å². The van der Waals surface area contributed by atoms with E-state index >= 15 is 0 Å². The van der Waals surface area contributed by atoms with Crippen LogP contribution in [0.2, 0.25) is 0 Å². The predicted molar refractivity (Wildman–Crippen MR) is 46.8 cm³/mol. The van der Waals surface area contributed by atoms with Crippen LogP contribution in [-0.2, 0) is 4.79 Å². The summed E-state index contributed by atoms with van der Waals surface area (Å²) in [6.45, 7) is 0. The van der Waals surface area contributed by atoms with Gasteiger partial charge in [-0.15, -0.1) is 0 Å². The molecule has 0 aliphatic heterocycles. The van der Waals surface area contributed by atoms with Crippen molar-refractivity contribution >= 4 is 12.1 Å². The predicted octanol–water partition coefficient (Wildman–Crippen LogP) is 1.61. The van der Waals surface area contributed by atoms with E-state index in [-0.39, 0.29) is 0 Å². The molecule has 1 aromatic carbocycles. The van der Waals surface area contributed by atoms with Crippen LogP contribution in [0.1, 0.15) is 12.8 Å². The van der Waals surface area contributed by atoms with Crippen molar-refractivity contribution < 1.29 is 4.79 Å². The Morgan fingerprint density at radius 3 is 2.83 bits per heavy atom. The largest absolute Gasteiger partial charge is 0.311 e. The highest BCUT2D eigenvalue weighted by Crippen LogP contribution is 2.29. The Balaban J connectivity index is 2.21. The summed E-state index contributed by atoms with van der Waals surface area (Å²) in [5.41, 5.74) is 0.884. The molecule has 1 saturated carbocycles. The van der Waals surface area contributed by atoms with E-state index in [9.17, 15) is 4.79 Å². The van der Waals surface area contributed by atoms with Gasteiger partial charge in [0.25, 0.3) is 0 Å². The highest BCUT2D eigenvalue weighted by atomic mass is 16.1. The second kappa shape index (κ2) is 2.97. The van der Waals surface area contributed by atoms with E-state index in [1.54, 1.807) is 4.90 Å². The number of hydrogen-bond acceptors (Lipinski definition) is 1. The van der Waals surface area contributed by atoms with Crippen molar-refractivity contribution in [2.75, 3.05) is 4.90 Å². The minimum absolute atomic E-state index is 0.432. The van der Waals surface area contributed by atoms with Crippen LogP contribution in [0.15, 0.2) is 24.3 Å². The van der Waals surface area contributed by atoms with Crippen molar-refractivity contribution in [3.8, 4) is 0 Å². The summed E-state index contributed by atoms with van der Waals surface area (Å²) in [6.07, 6.45) is 3.15. The fourth-order valence-electron chi connectivity index (χ4n) is 1.24. The zero-order valence-electron chi connectivity index (χ0n) is 6.73. The third-order valence-corrected chi connectivity index (χ3v) is 2.02. The first-order valence-electron chi connectivity index (χ1n) is 4.12. The molecule has 1 fully saturated rings. The first-order chi connectivity index (χ1) is 5.92.